The third kappa shape index (κ3) is 4.82. The van der Waals surface area contributed by atoms with Gasteiger partial charge in [0.05, 0.1) is 28.4 Å². The highest BCUT2D eigenvalue weighted by Gasteiger charge is 2.32. The van der Waals surface area contributed by atoms with E-state index in [2.05, 4.69) is 9.97 Å². The Balaban J connectivity index is 1.38. The SMILES string of the molecule is C[C@@H](C(=O)N1CCN(S(=O)(=O)c2ccccc2)CC1)N(C)Cc1nc2ccccc2c(=O)[nH]1. The molecule has 2 heterocycles. The molecule has 1 aliphatic heterocycles. The molecule has 1 atom stereocenters. The Morgan fingerprint density at radius 3 is 2.39 bits per heavy atom. The number of likely N-dealkylation sites (N-methyl/N-ethyl adjacent to an activating group) is 1. The predicted octanol–water partition coefficient (Wildman–Crippen LogP) is 1.28. The van der Waals surface area contributed by atoms with Crippen molar-refractivity contribution in [1.29, 1.82) is 0 Å². The molecule has 4 rings (SSSR count). The Bertz CT molecular complexity index is 1300. The number of aromatic amines is 1. The number of carbonyl (C=O) groups is 1. The molecule has 1 aliphatic rings. The quantitative estimate of drug-likeness (QED) is 0.583. The number of H-pyrrole nitrogens is 1. The minimum Gasteiger partial charge on any atom is -0.339 e. The molecule has 1 saturated heterocycles. The van der Waals surface area contributed by atoms with Crippen molar-refractivity contribution >= 4 is 26.8 Å². The van der Waals surface area contributed by atoms with E-state index in [1.807, 2.05) is 11.0 Å². The fourth-order valence-corrected chi connectivity index (χ4v) is 5.37. The van der Waals surface area contributed by atoms with Crippen LogP contribution in [0.3, 0.4) is 0 Å². The summed E-state index contributed by atoms with van der Waals surface area (Å²) in [5, 5.41) is 0.524. The number of fused-ring (bicyclic) bond motifs is 1. The first-order valence-corrected chi connectivity index (χ1v) is 12.2. The Labute approximate surface area is 192 Å². The van der Waals surface area contributed by atoms with Crippen LogP contribution in [0.2, 0.25) is 0 Å². The first kappa shape index (κ1) is 23.1. The molecule has 3 aromatic rings. The molecule has 0 aliphatic carbocycles. The molecule has 9 nitrogen and oxygen atoms in total. The van der Waals surface area contributed by atoms with Gasteiger partial charge < -0.3 is 9.88 Å². The van der Waals surface area contributed by atoms with Crippen molar-refractivity contribution < 1.29 is 13.2 Å². The van der Waals surface area contributed by atoms with Gasteiger partial charge >= 0.3 is 0 Å². The second-order valence-corrected chi connectivity index (χ2v) is 10.1. The number of piperazine rings is 1. The van der Waals surface area contributed by atoms with Gasteiger partial charge in [0.2, 0.25) is 15.9 Å². The van der Waals surface area contributed by atoms with Crippen LogP contribution in [0.25, 0.3) is 10.9 Å². The summed E-state index contributed by atoms with van der Waals surface area (Å²) in [4.78, 5) is 36.4. The fraction of sp³-hybridized carbons (Fsp3) is 0.348. The smallest absolute Gasteiger partial charge is 0.258 e. The summed E-state index contributed by atoms with van der Waals surface area (Å²) in [6.45, 7) is 3.25. The van der Waals surface area contributed by atoms with Crippen LogP contribution in [0.4, 0.5) is 0 Å². The number of hydrogen-bond acceptors (Lipinski definition) is 6. The molecule has 0 unspecified atom stereocenters. The molecule has 2 aromatic carbocycles. The normalized spacial score (nSPS) is 16.3. The highest BCUT2D eigenvalue weighted by Crippen LogP contribution is 2.18. The minimum atomic E-state index is -3.57. The summed E-state index contributed by atoms with van der Waals surface area (Å²) in [5.74, 6) is 0.400. The van der Waals surface area contributed by atoms with Gasteiger partial charge in [0.15, 0.2) is 0 Å². The molecule has 174 valence electrons. The number of para-hydroxylation sites is 1. The second kappa shape index (κ2) is 9.42. The monoisotopic (exact) mass is 469 g/mol. The average molecular weight is 470 g/mol. The van der Waals surface area contributed by atoms with E-state index in [1.165, 1.54) is 4.31 Å². The zero-order valence-electron chi connectivity index (χ0n) is 18.6. The molecule has 1 amide bonds. The van der Waals surface area contributed by atoms with Crippen LogP contribution in [0, 0.1) is 0 Å². The van der Waals surface area contributed by atoms with E-state index >= 15 is 0 Å². The fourth-order valence-electron chi connectivity index (χ4n) is 3.93. The van der Waals surface area contributed by atoms with Crippen molar-refractivity contribution in [3.63, 3.8) is 0 Å². The van der Waals surface area contributed by atoms with Crippen molar-refractivity contribution in [3.8, 4) is 0 Å². The topological polar surface area (TPSA) is 107 Å². The van der Waals surface area contributed by atoms with Crippen molar-refractivity contribution in [1.82, 2.24) is 24.1 Å². The van der Waals surface area contributed by atoms with E-state index in [9.17, 15) is 18.0 Å². The standard InChI is InChI=1S/C23H27N5O4S/c1-17(26(2)16-21-24-20-11-7-6-10-19(20)22(29)25-21)23(30)27-12-14-28(15-13-27)33(31,32)18-8-4-3-5-9-18/h3-11,17H,12-16H2,1-2H3,(H,24,25,29)/t17-/m0/s1. The van der Waals surface area contributed by atoms with Gasteiger partial charge in [-0.1, -0.05) is 30.3 Å². The molecule has 10 heteroatoms. The Morgan fingerprint density at radius 1 is 1.06 bits per heavy atom. The van der Waals surface area contributed by atoms with E-state index in [1.54, 1.807) is 67.4 Å². The maximum Gasteiger partial charge on any atom is 0.258 e. The number of benzene rings is 2. The molecular formula is C23H27N5O4S. The lowest BCUT2D eigenvalue weighted by Crippen LogP contribution is -2.54. The van der Waals surface area contributed by atoms with E-state index in [4.69, 9.17) is 0 Å². The maximum absolute atomic E-state index is 13.1. The van der Waals surface area contributed by atoms with Gasteiger partial charge in [-0.25, -0.2) is 13.4 Å². The van der Waals surface area contributed by atoms with E-state index in [0.717, 1.165) is 0 Å². The van der Waals surface area contributed by atoms with Crippen LogP contribution in [0.1, 0.15) is 12.7 Å². The van der Waals surface area contributed by atoms with Crippen LogP contribution in [-0.4, -0.2) is 77.7 Å². The number of nitrogens with one attached hydrogen (secondary N) is 1. The van der Waals surface area contributed by atoms with Gasteiger partial charge in [-0.05, 0) is 38.2 Å². The zero-order chi connectivity index (χ0) is 23.6. The first-order chi connectivity index (χ1) is 15.8. The molecule has 1 aromatic heterocycles. The van der Waals surface area contributed by atoms with Gasteiger partial charge in [0.1, 0.15) is 5.82 Å². The first-order valence-electron chi connectivity index (χ1n) is 10.8. The average Bonchev–Trinajstić information content (AvgIpc) is 2.83. The molecule has 0 spiro atoms. The lowest BCUT2D eigenvalue weighted by atomic mass is 10.2. The Hall–Kier alpha value is -3.08. The lowest BCUT2D eigenvalue weighted by Gasteiger charge is -2.36. The molecule has 1 N–H and O–H groups in total. The highest BCUT2D eigenvalue weighted by molar-refractivity contribution is 7.89. The summed E-state index contributed by atoms with van der Waals surface area (Å²) in [6, 6.07) is 15.0. The van der Waals surface area contributed by atoms with E-state index in [-0.39, 0.29) is 29.5 Å². The van der Waals surface area contributed by atoms with Crippen LogP contribution in [0.5, 0.6) is 0 Å². The van der Waals surface area contributed by atoms with E-state index < -0.39 is 16.1 Å². The Kier molecular flexibility index (Phi) is 6.59. The number of amides is 1. The van der Waals surface area contributed by atoms with Gasteiger partial charge in [-0.2, -0.15) is 4.31 Å². The minimum absolute atomic E-state index is 0.0857. The molecule has 0 saturated carbocycles. The highest BCUT2D eigenvalue weighted by atomic mass is 32.2. The van der Waals surface area contributed by atoms with Gasteiger partial charge in [-0.15, -0.1) is 0 Å². The van der Waals surface area contributed by atoms with Crippen molar-refractivity contribution in [3.05, 3.63) is 70.8 Å². The maximum atomic E-state index is 13.1. The lowest BCUT2D eigenvalue weighted by molar-refractivity contribution is -0.137. The molecule has 0 bridgehead atoms. The number of rotatable bonds is 6. The predicted molar refractivity (Wildman–Crippen MR) is 125 cm³/mol. The summed E-state index contributed by atoms with van der Waals surface area (Å²) in [5.41, 5.74) is 0.401. The number of sulfonamides is 1. The van der Waals surface area contributed by atoms with Crippen LogP contribution >= 0.6 is 0 Å². The molecular weight excluding hydrogens is 442 g/mol. The summed E-state index contributed by atoms with van der Waals surface area (Å²) in [7, 11) is -1.77. The Morgan fingerprint density at radius 2 is 1.70 bits per heavy atom. The van der Waals surface area contributed by atoms with Gasteiger partial charge in [0.25, 0.3) is 5.56 Å². The third-order valence-corrected chi connectivity index (χ3v) is 7.92. The van der Waals surface area contributed by atoms with Gasteiger partial charge in [-0.3, -0.25) is 14.5 Å². The van der Waals surface area contributed by atoms with Crippen molar-refractivity contribution in [2.45, 2.75) is 24.4 Å². The zero-order valence-corrected chi connectivity index (χ0v) is 19.5. The summed E-state index contributed by atoms with van der Waals surface area (Å²) >= 11 is 0. The van der Waals surface area contributed by atoms with Crippen molar-refractivity contribution in [2.75, 3.05) is 33.2 Å². The third-order valence-electron chi connectivity index (χ3n) is 6.01. The molecule has 1 fully saturated rings. The van der Waals surface area contributed by atoms with Gasteiger partial charge in [0, 0.05) is 26.2 Å². The van der Waals surface area contributed by atoms with Crippen LogP contribution < -0.4 is 5.56 Å². The van der Waals surface area contributed by atoms with Crippen LogP contribution in [-0.2, 0) is 21.4 Å². The number of aromatic nitrogens is 2. The molecule has 33 heavy (non-hydrogen) atoms. The summed E-state index contributed by atoms with van der Waals surface area (Å²) < 4.78 is 27.0. The van der Waals surface area contributed by atoms with Crippen LogP contribution in [0.15, 0.2) is 64.3 Å². The van der Waals surface area contributed by atoms with E-state index in [0.29, 0.717) is 36.4 Å². The number of nitrogens with zero attached hydrogens (tertiary/aromatic N) is 4. The second-order valence-electron chi connectivity index (χ2n) is 8.16. The molecule has 0 radical (unpaired) electrons. The van der Waals surface area contributed by atoms with Crippen molar-refractivity contribution in [2.24, 2.45) is 0 Å². The number of carbonyl (C=O) groups excluding carboxylic acids is 1. The largest absolute Gasteiger partial charge is 0.339 e. The summed E-state index contributed by atoms with van der Waals surface area (Å²) in [6.07, 6.45) is 0. The number of hydrogen-bond donors (Lipinski definition) is 1.